The molecule has 2 rings (SSSR count). The van der Waals surface area contributed by atoms with Crippen LogP contribution in [0.25, 0.3) is 11.0 Å². The molecule has 0 saturated carbocycles. The van der Waals surface area contributed by atoms with Gasteiger partial charge in [0.25, 0.3) is 0 Å². The van der Waals surface area contributed by atoms with Gasteiger partial charge in [0.1, 0.15) is 24.4 Å². The smallest absolute Gasteiger partial charge is 0.407 e. The Morgan fingerprint density at radius 2 is 2.07 bits per heavy atom. The highest BCUT2D eigenvalue weighted by Crippen LogP contribution is 2.23. The van der Waals surface area contributed by atoms with E-state index in [1.807, 2.05) is 6.92 Å². The minimum absolute atomic E-state index is 0.183. The minimum atomic E-state index is -0.500. The molecular weight excluding hydrogens is 380 g/mol. The third-order valence-electron chi connectivity index (χ3n) is 4.48. The van der Waals surface area contributed by atoms with Crippen LogP contribution < -0.4 is 11.1 Å². The van der Waals surface area contributed by atoms with Gasteiger partial charge in [-0.05, 0) is 19.3 Å². The molecule has 29 heavy (non-hydrogen) atoms. The number of nitrogens with zero attached hydrogens (tertiary/aromatic N) is 4. The molecule has 2 atom stereocenters. The van der Waals surface area contributed by atoms with Gasteiger partial charge in [0.05, 0.1) is 30.8 Å². The summed E-state index contributed by atoms with van der Waals surface area (Å²) in [6.07, 6.45) is 2.02. The number of nitrogens with one attached hydrogen (secondary N) is 1. The van der Waals surface area contributed by atoms with Crippen molar-refractivity contribution in [2.24, 2.45) is 0 Å². The molecule has 0 bridgehead atoms. The molecule has 0 aliphatic carbocycles. The first-order chi connectivity index (χ1) is 14.0. The number of alkyl carbamates (subject to hydrolysis) is 1. The van der Waals surface area contributed by atoms with E-state index in [1.54, 1.807) is 11.8 Å². The summed E-state index contributed by atoms with van der Waals surface area (Å²) in [6, 6.07) is 0. The number of ether oxygens (including phenoxy) is 3. The van der Waals surface area contributed by atoms with E-state index in [-0.39, 0.29) is 6.61 Å². The van der Waals surface area contributed by atoms with E-state index in [0.29, 0.717) is 49.4 Å². The monoisotopic (exact) mass is 410 g/mol. The average molecular weight is 410 g/mol. The Labute approximate surface area is 169 Å². The molecule has 2 aromatic rings. The summed E-state index contributed by atoms with van der Waals surface area (Å²) >= 11 is 0. The minimum Gasteiger partial charge on any atom is -0.450 e. The van der Waals surface area contributed by atoms with E-state index in [0.717, 1.165) is 12.1 Å². The normalized spacial score (nSPS) is 13.4. The zero-order valence-corrected chi connectivity index (χ0v) is 17.1. The van der Waals surface area contributed by atoms with Gasteiger partial charge in [-0.3, -0.25) is 0 Å². The molecule has 0 radical (unpaired) electrons. The number of aliphatic hydroxyl groups is 1. The second-order valence-corrected chi connectivity index (χ2v) is 6.48. The molecule has 1 amide bonds. The van der Waals surface area contributed by atoms with Crippen LogP contribution in [0.5, 0.6) is 0 Å². The van der Waals surface area contributed by atoms with Crippen LogP contribution in [0.15, 0.2) is 6.33 Å². The maximum Gasteiger partial charge on any atom is 0.407 e. The van der Waals surface area contributed by atoms with Gasteiger partial charge in [0, 0.05) is 20.8 Å². The van der Waals surface area contributed by atoms with Crippen molar-refractivity contribution < 1.29 is 24.1 Å². The average Bonchev–Trinajstić information content (AvgIpc) is 3.08. The molecule has 0 aliphatic heterocycles. The molecule has 4 N–H and O–H groups in total. The molecule has 0 spiro atoms. The molecule has 0 aliphatic rings. The number of rotatable bonds is 12. The van der Waals surface area contributed by atoms with Gasteiger partial charge in [0.15, 0.2) is 5.65 Å². The zero-order chi connectivity index (χ0) is 21.2. The lowest BCUT2D eigenvalue weighted by Gasteiger charge is -2.23. The number of amides is 1. The number of fused-ring (bicyclic) bond motifs is 1. The largest absolute Gasteiger partial charge is 0.450 e. The second-order valence-electron chi connectivity index (χ2n) is 6.48. The molecular formula is C18H30N6O5. The Hall–Kier alpha value is -2.50. The van der Waals surface area contributed by atoms with Gasteiger partial charge in [-0.25, -0.2) is 19.4 Å². The maximum atomic E-state index is 11.5. The topological polar surface area (TPSA) is 147 Å². The Morgan fingerprint density at radius 3 is 2.72 bits per heavy atom. The van der Waals surface area contributed by atoms with Gasteiger partial charge < -0.3 is 30.4 Å². The summed E-state index contributed by atoms with van der Waals surface area (Å²) in [4.78, 5) is 19.9. The number of methoxy groups -OCH3 is 2. The van der Waals surface area contributed by atoms with Crippen molar-refractivity contribution in [1.82, 2.24) is 25.1 Å². The predicted molar refractivity (Wildman–Crippen MR) is 106 cm³/mol. The van der Waals surface area contributed by atoms with E-state index in [1.165, 1.54) is 13.4 Å². The van der Waals surface area contributed by atoms with Crippen LogP contribution in [0.3, 0.4) is 0 Å². The number of anilines is 1. The van der Waals surface area contributed by atoms with E-state index < -0.39 is 18.3 Å². The Kier molecular flexibility index (Phi) is 9.03. The number of carbonyl (C=O) groups is 1. The van der Waals surface area contributed by atoms with Crippen LogP contribution in [0.2, 0.25) is 0 Å². The lowest BCUT2D eigenvalue weighted by molar-refractivity contribution is -0.0668. The molecule has 2 heterocycles. The molecule has 11 nitrogen and oxygen atoms in total. The van der Waals surface area contributed by atoms with Gasteiger partial charge in [-0.2, -0.15) is 5.10 Å². The molecule has 11 heteroatoms. The first-order valence-corrected chi connectivity index (χ1v) is 9.58. The third kappa shape index (κ3) is 5.99. The number of carbonyl (C=O) groups excluding carboxylic acids is 1. The Bertz CT molecular complexity index is 779. The van der Waals surface area contributed by atoms with Crippen LogP contribution in [-0.2, 0) is 27.2 Å². The van der Waals surface area contributed by atoms with Gasteiger partial charge in [-0.15, -0.1) is 0 Å². The van der Waals surface area contributed by atoms with Gasteiger partial charge in [0.2, 0.25) is 0 Å². The van der Waals surface area contributed by atoms with Crippen molar-refractivity contribution in [1.29, 1.82) is 0 Å². The molecule has 0 fully saturated rings. The maximum absolute atomic E-state index is 11.5. The highest BCUT2D eigenvalue weighted by Gasteiger charge is 2.24. The fourth-order valence-corrected chi connectivity index (χ4v) is 2.96. The highest BCUT2D eigenvalue weighted by molar-refractivity contribution is 5.88. The number of aromatic nitrogens is 4. The number of aliphatic hydroxyl groups excluding tert-OH is 1. The quantitative estimate of drug-likeness (QED) is 0.426. The van der Waals surface area contributed by atoms with Crippen molar-refractivity contribution in [3.05, 3.63) is 12.0 Å². The van der Waals surface area contributed by atoms with E-state index in [2.05, 4.69) is 20.4 Å². The zero-order valence-electron chi connectivity index (χ0n) is 17.1. The summed E-state index contributed by atoms with van der Waals surface area (Å²) in [5.74, 6) is 0.339. The molecule has 2 unspecified atom stereocenters. The first-order valence-electron chi connectivity index (χ1n) is 9.58. The fourth-order valence-electron chi connectivity index (χ4n) is 2.96. The lowest BCUT2D eigenvalue weighted by Crippen LogP contribution is -2.36. The van der Waals surface area contributed by atoms with Crippen molar-refractivity contribution in [2.45, 2.75) is 44.9 Å². The van der Waals surface area contributed by atoms with Crippen LogP contribution in [0.4, 0.5) is 10.6 Å². The van der Waals surface area contributed by atoms with Gasteiger partial charge in [-0.1, -0.05) is 6.92 Å². The summed E-state index contributed by atoms with van der Waals surface area (Å²) in [7, 11) is 3.06. The van der Waals surface area contributed by atoms with Crippen molar-refractivity contribution in [3.63, 3.8) is 0 Å². The molecule has 2 aromatic heterocycles. The van der Waals surface area contributed by atoms with Crippen LogP contribution >= 0.6 is 0 Å². The van der Waals surface area contributed by atoms with Gasteiger partial charge >= 0.3 is 6.09 Å². The van der Waals surface area contributed by atoms with Crippen molar-refractivity contribution in [2.75, 3.05) is 39.7 Å². The number of nitrogen functional groups attached to an aromatic ring is 1. The summed E-state index contributed by atoms with van der Waals surface area (Å²) in [5.41, 5.74) is 7.38. The molecule has 0 aromatic carbocycles. The molecule has 0 saturated heterocycles. The standard InChI is InChI=1S/C18H30N6O5/c1-4-8-29-18(26)20-7-5-6-12-15-16(19)21-11-22-17(15)24(23-12)9-13(27-2)14(10-25)28-3/h11,13-14,25H,4-10H2,1-3H3,(H,20,26)(H2,19,21,22). The number of hydrogen-bond donors (Lipinski definition) is 3. The summed E-state index contributed by atoms with van der Waals surface area (Å²) < 4.78 is 17.4. The van der Waals surface area contributed by atoms with Crippen molar-refractivity contribution in [3.8, 4) is 0 Å². The SMILES string of the molecule is CCCOC(=O)NCCCc1nn(CC(OC)C(CO)OC)c2ncnc(N)c12. The number of nitrogens with two attached hydrogens (primary N) is 1. The predicted octanol–water partition coefficient (Wildman–Crippen LogP) is 0.500. The number of aryl methyl sites for hydroxylation is 1. The van der Waals surface area contributed by atoms with Crippen LogP contribution in [0.1, 0.15) is 25.5 Å². The summed E-state index contributed by atoms with van der Waals surface area (Å²) in [6.45, 7) is 2.92. The first kappa shape index (κ1) is 22.8. The fraction of sp³-hybridized carbons (Fsp3) is 0.667. The van der Waals surface area contributed by atoms with E-state index in [9.17, 15) is 9.90 Å². The van der Waals surface area contributed by atoms with E-state index in [4.69, 9.17) is 19.9 Å². The lowest BCUT2D eigenvalue weighted by atomic mass is 10.2. The van der Waals surface area contributed by atoms with Crippen LogP contribution in [0, 0.1) is 0 Å². The third-order valence-corrected chi connectivity index (χ3v) is 4.48. The van der Waals surface area contributed by atoms with Crippen molar-refractivity contribution >= 4 is 22.9 Å². The number of hydrogen-bond acceptors (Lipinski definition) is 9. The Morgan fingerprint density at radius 1 is 1.31 bits per heavy atom. The second kappa shape index (κ2) is 11.5. The summed E-state index contributed by atoms with van der Waals surface area (Å²) in [5, 5.41) is 17.5. The Balaban J connectivity index is 2.12. The van der Waals surface area contributed by atoms with Crippen LogP contribution in [-0.4, -0.2) is 77.1 Å². The highest BCUT2D eigenvalue weighted by atomic mass is 16.5. The molecule has 162 valence electrons. The van der Waals surface area contributed by atoms with E-state index >= 15 is 0 Å².